The topological polar surface area (TPSA) is 65.4 Å². The van der Waals surface area contributed by atoms with E-state index < -0.39 is 15.7 Å². The molecular weight excluding hydrogens is 290 g/mol. The normalized spacial score (nSPS) is 11.4. The summed E-state index contributed by atoms with van der Waals surface area (Å²) < 4.78 is 30.2. The lowest BCUT2D eigenvalue weighted by Crippen LogP contribution is -2.30. The average molecular weight is 301 g/mol. The number of pyridine rings is 1. The standard InChI is InChI=1S/C15H11NO4S/c17-15-11-10-12-6-4-5-9-14(12)16(15)20-21(18,19)13-7-2-1-3-8-13/h1-11H. The molecule has 0 aliphatic heterocycles. The smallest absolute Gasteiger partial charge is 0.280 e. The summed E-state index contributed by atoms with van der Waals surface area (Å²) in [6, 6.07) is 17.5. The summed E-state index contributed by atoms with van der Waals surface area (Å²) in [6.45, 7) is 0. The molecule has 1 heterocycles. The fourth-order valence-corrected chi connectivity index (χ4v) is 2.89. The van der Waals surface area contributed by atoms with Crippen molar-refractivity contribution in [3.63, 3.8) is 0 Å². The number of hydrogen-bond acceptors (Lipinski definition) is 4. The van der Waals surface area contributed by atoms with Crippen molar-refractivity contribution in [3.05, 3.63) is 77.1 Å². The molecule has 0 saturated heterocycles. The number of rotatable bonds is 3. The van der Waals surface area contributed by atoms with Crippen LogP contribution in [0.15, 0.2) is 76.4 Å². The minimum Gasteiger partial charge on any atom is -0.280 e. The molecule has 0 fully saturated rings. The molecule has 0 bridgehead atoms. The Morgan fingerprint density at radius 1 is 0.810 bits per heavy atom. The van der Waals surface area contributed by atoms with Crippen LogP contribution in [-0.4, -0.2) is 13.1 Å². The van der Waals surface area contributed by atoms with E-state index in [1.54, 1.807) is 48.5 Å². The highest BCUT2D eigenvalue weighted by Gasteiger charge is 2.18. The third-order valence-corrected chi connectivity index (χ3v) is 4.16. The molecule has 3 rings (SSSR count). The van der Waals surface area contributed by atoms with Crippen LogP contribution in [0.25, 0.3) is 10.9 Å². The molecule has 0 amide bonds. The van der Waals surface area contributed by atoms with Crippen LogP contribution in [0.1, 0.15) is 0 Å². The first-order valence-electron chi connectivity index (χ1n) is 6.19. The van der Waals surface area contributed by atoms with Gasteiger partial charge in [-0.15, -0.1) is 4.73 Å². The lowest BCUT2D eigenvalue weighted by molar-refractivity contribution is 0.281. The second-order valence-corrected chi connectivity index (χ2v) is 5.90. The summed E-state index contributed by atoms with van der Waals surface area (Å²) in [5.41, 5.74) is -0.155. The summed E-state index contributed by atoms with van der Waals surface area (Å²) in [5.74, 6) is 0. The van der Waals surface area contributed by atoms with Crippen molar-refractivity contribution in [1.82, 2.24) is 4.73 Å². The first-order valence-corrected chi connectivity index (χ1v) is 7.60. The minimum atomic E-state index is -4.06. The zero-order chi connectivity index (χ0) is 14.9. The van der Waals surface area contributed by atoms with E-state index in [0.717, 1.165) is 4.73 Å². The molecule has 0 unspecified atom stereocenters. The number of fused-ring (bicyclic) bond motifs is 1. The first-order chi connectivity index (χ1) is 10.1. The Morgan fingerprint density at radius 3 is 2.24 bits per heavy atom. The van der Waals surface area contributed by atoms with Crippen molar-refractivity contribution in [2.24, 2.45) is 0 Å². The van der Waals surface area contributed by atoms with Gasteiger partial charge in [0, 0.05) is 11.5 Å². The Kier molecular flexibility index (Phi) is 3.23. The molecule has 1 aromatic heterocycles. The van der Waals surface area contributed by atoms with E-state index in [1.165, 1.54) is 18.2 Å². The van der Waals surface area contributed by atoms with E-state index in [4.69, 9.17) is 4.28 Å². The second-order valence-electron chi connectivity index (χ2n) is 4.37. The predicted octanol–water partition coefficient (Wildman–Crippen LogP) is 1.82. The van der Waals surface area contributed by atoms with Gasteiger partial charge >= 0.3 is 10.1 Å². The maximum atomic E-state index is 12.2. The van der Waals surface area contributed by atoms with Crippen LogP contribution in [0.4, 0.5) is 0 Å². The highest BCUT2D eigenvalue weighted by molar-refractivity contribution is 7.87. The van der Waals surface area contributed by atoms with Gasteiger partial charge in [-0.3, -0.25) is 9.08 Å². The molecule has 6 heteroatoms. The molecule has 106 valence electrons. The number of benzene rings is 2. The van der Waals surface area contributed by atoms with E-state index in [2.05, 4.69) is 0 Å². The van der Waals surface area contributed by atoms with Gasteiger partial charge in [-0.1, -0.05) is 36.4 Å². The SMILES string of the molecule is O=c1ccc2ccccc2n1OS(=O)(=O)c1ccccc1. The van der Waals surface area contributed by atoms with E-state index in [1.807, 2.05) is 0 Å². The van der Waals surface area contributed by atoms with Gasteiger partial charge in [0.1, 0.15) is 4.90 Å². The summed E-state index contributed by atoms with van der Waals surface area (Å²) in [6.07, 6.45) is 0. The second kappa shape index (κ2) is 5.06. The number of hydrogen-bond donors (Lipinski definition) is 0. The zero-order valence-electron chi connectivity index (χ0n) is 10.8. The van der Waals surface area contributed by atoms with Crippen LogP contribution < -0.4 is 9.84 Å². The lowest BCUT2D eigenvalue weighted by atomic mass is 10.2. The van der Waals surface area contributed by atoms with Crippen LogP contribution in [0, 0.1) is 0 Å². The maximum absolute atomic E-state index is 12.2. The van der Waals surface area contributed by atoms with Gasteiger partial charge in [-0.25, -0.2) is 0 Å². The van der Waals surface area contributed by atoms with Crippen molar-refractivity contribution >= 4 is 21.0 Å². The Hall–Kier alpha value is -2.60. The molecule has 0 aliphatic rings. The fourth-order valence-electron chi connectivity index (χ4n) is 1.97. The van der Waals surface area contributed by atoms with E-state index >= 15 is 0 Å². The summed E-state index contributed by atoms with van der Waals surface area (Å²) in [7, 11) is -4.06. The first kappa shape index (κ1) is 13.4. The van der Waals surface area contributed by atoms with Gasteiger partial charge < -0.3 is 0 Å². The molecular formula is C15H11NO4S. The Balaban J connectivity index is 2.15. The zero-order valence-corrected chi connectivity index (χ0v) is 11.7. The van der Waals surface area contributed by atoms with Gasteiger partial charge in [0.05, 0.1) is 5.52 Å². The third kappa shape index (κ3) is 2.53. The molecule has 0 saturated carbocycles. The Bertz CT molecular complexity index is 946. The lowest BCUT2D eigenvalue weighted by Gasteiger charge is -2.10. The molecule has 21 heavy (non-hydrogen) atoms. The molecule has 2 aromatic carbocycles. The highest BCUT2D eigenvalue weighted by atomic mass is 32.2. The largest absolute Gasteiger partial charge is 0.357 e. The number of nitrogens with zero attached hydrogens (tertiary/aromatic N) is 1. The Labute approximate surface area is 121 Å². The van der Waals surface area contributed by atoms with Gasteiger partial charge in [0.15, 0.2) is 0 Å². The van der Waals surface area contributed by atoms with Crippen molar-refractivity contribution in [2.45, 2.75) is 4.90 Å². The summed E-state index contributed by atoms with van der Waals surface area (Å²) >= 11 is 0. The van der Waals surface area contributed by atoms with E-state index in [9.17, 15) is 13.2 Å². The van der Waals surface area contributed by atoms with Gasteiger partial charge in [0.25, 0.3) is 5.56 Å². The van der Waals surface area contributed by atoms with Gasteiger partial charge in [-0.2, -0.15) is 8.42 Å². The predicted molar refractivity (Wildman–Crippen MR) is 78.4 cm³/mol. The van der Waals surface area contributed by atoms with Crippen molar-refractivity contribution in [2.75, 3.05) is 0 Å². The molecule has 0 spiro atoms. The van der Waals surface area contributed by atoms with Crippen LogP contribution in [0.3, 0.4) is 0 Å². The van der Waals surface area contributed by atoms with E-state index in [-0.39, 0.29) is 4.90 Å². The highest BCUT2D eigenvalue weighted by Crippen LogP contribution is 2.13. The summed E-state index contributed by atoms with van der Waals surface area (Å²) in [4.78, 5) is 11.9. The quantitative estimate of drug-likeness (QED) is 0.740. The maximum Gasteiger partial charge on any atom is 0.357 e. The monoisotopic (exact) mass is 301 g/mol. The number of para-hydroxylation sites is 1. The van der Waals surface area contributed by atoms with Crippen LogP contribution in [-0.2, 0) is 10.1 Å². The molecule has 0 atom stereocenters. The van der Waals surface area contributed by atoms with E-state index in [0.29, 0.717) is 10.9 Å². The third-order valence-electron chi connectivity index (χ3n) is 2.97. The van der Waals surface area contributed by atoms with Crippen molar-refractivity contribution in [1.29, 1.82) is 0 Å². The summed E-state index contributed by atoms with van der Waals surface area (Å²) in [5, 5.41) is 0.709. The molecule has 0 radical (unpaired) electrons. The van der Waals surface area contributed by atoms with Crippen molar-refractivity contribution in [3.8, 4) is 0 Å². The average Bonchev–Trinajstić information content (AvgIpc) is 2.51. The molecule has 0 N–H and O–H groups in total. The molecule has 0 aliphatic carbocycles. The van der Waals surface area contributed by atoms with Crippen LogP contribution in [0.2, 0.25) is 0 Å². The molecule has 5 nitrogen and oxygen atoms in total. The minimum absolute atomic E-state index is 0.00941. The fraction of sp³-hybridized carbons (Fsp3) is 0. The molecule has 3 aromatic rings. The van der Waals surface area contributed by atoms with Gasteiger partial charge in [0.2, 0.25) is 0 Å². The van der Waals surface area contributed by atoms with Crippen molar-refractivity contribution < 1.29 is 12.7 Å². The Morgan fingerprint density at radius 2 is 1.48 bits per heavy atom. The van der Waals surface area contributed by atoms with Crippen LogP contribution >= 0.6 is 0 Å². The van der Waals surface area contributed by atoms with Gasteiger partial charge in [-0.05, 0) is 24.3 Å². The number of aromatic nitrogens is 1. The van der Waals surface area contributed by atoms with Crippen LogP contribution in [0.5, 0.6) is 0 Å².